The van der Waals surface area contributed by atoms with Crippen LogP contribution in [0.4, 0.5) is 0 Å². The molecule has 0 radical (unpaired) electrons. The van der Waals surface area contributed by atoms with Crippen LogP contribution in [0.25, 0.3) is 0 Å². The Balaban J connectivity index is 2.31. The summed E-state index contributed by atoms with van der Waals surface area (Å²) in [7, 11) is -3.59. The van der Waals surface area contributed by atoms with Gasteiger partial charge in [-0.1, -0.05) is 6.92 Å². The molecule has 0 aromatic carbocycles. The van der Waals surface area contributed by atoms with Crippen LogP contribution in [-0.2, 0) is 23.2 Å². The molecule has 0 spiro atoms. The Bertz CT molecular complexity index is 653. The highest BCUT2D eigenvalue weighted by atomic mass is 32.2. The van der Waals surface area contributed by atoms with Crippen LogP contribution < -0.4 is 0 Å². The minimum absolute atomic E-state index is 0.195. The summed E-state index contributed by atoms with van der Waals surface area (Å²) >= 11 is 1.24. The molecule has 0 bridgehead atoms. The standard InChI is InChI=1S/C13H16N2O3S2/c1-2-15(9-11-3-6-14-7-4-11)20(17,18)13-5-8-19-12(13)10-16/h3-8,16H,2,9-10H2,1H3. The van der Waals surface area contributed by atoms with E-state index in [1.54, 1.807) is 42.9 Å². The number of hydrogen-bond donors (Lipinski definition) is 1. The SMILES string of the molecule is CCN(Cc1ccncc1)S(=O)(=O)c1ccsc1CO. The molecule has 0 saturated carbocycles. The van der Waals surface area contributed by atoms with E-state index in [4.69, 9.17) is 0 Å². The first-order chi connectivity index (χ1) is 9.59. The molecular weight excluding hydrogens is 296 g/mol. The maximum atomic E-state index is 12.6. The Hall–Kier alpha value is -1.28. The van der Waals surface area contributed by atoms with Crippen molar-refractivity contribution in [2.45, 2.75) is 25.0 Å². The van der Waals surface area contributed by atoms with Crippen molar-refractivity contribution in [2.24, 2.45) is 0 Å². The lowest BCUT2D eigenvalue weighted by atomic mass is 10.3. The zero-order valence-corrected chi connectivity index (χ0v) is 12.7. The van der Waals surface area contributed by atoms with Crippen molar-refractivity contribution in [3.8, 4) is 0 Å². The van der Waals surface area contributed by atoms with Crippen LogP contribution in [0.1, 0.15) is 17.4 Å². The largest absolute Gasteiger partial charge is 0.391 e. The first-order valence-electron chi connectivity index (χ1n) is 6.16. The van der Waals surface area contributed by atoms with Crippen molar-refractivity contribution in [2.75, 3.05) is 6.54 Å². The van der Waals surface area contributed by atoms with E-state index in [2.05, 4.69) is 4.98 Å². The van der Waals surface area contributed by atoms with E-state index in [1.807, 2.05) is 0 Å². The number of thiophene rings is 1. The molecule has 0 aliphatic heterocycles. The Labute approximate surface area is 122 Å². The number of hydrogen-bond acceptors (Lipinski definition) is 5. The molecule has 0 amide bonds. The molecular formula is C13H16N2O3S2. The molecule has 2 aromatic rings. The maximum absolute atomic E-state index is 12.6. The highest BCUT2D eigenvalue weighted by Crippen LogP contribution is 2.26. The predicted molar refractivity (Wildman–Crippen MR) is 77.7 cm³/mol. The number of aliphatic hydroxyl groups is 1. The van der Waals surface area contributed by atoms with Gasteiger partial charge in [-0.05, 0) is 29.1 Å². The topological polar surface area (TPSA) is 70.5 Å². The summed E-state index contributed by atoms with van der Waals surface area (Å²) in [6.07, 6.45) is 3.28. The Morgan fingerprint density at radius 2 is 2.00 bits per heavy atom. The van der Waals surface area contributed by atoms with Crippen LogP contribution in [0.5, 0.6) is 0 Å². The summed E-state index contributed by atoms with van der Waals surface area (Å²) in [6.45, 7) is 2.19. The van der Waals surface area contributed by atoms with Gasteiger partial charge in [0.25, 0.3) is 0 Å². The molecule has 0 unspecified atom stereocenters. The van der Waals surface area contributed by atoms with E-state index in [-0.39, 0.29) is 11.5 Å². The van der Waals surface area contributed by atoms with Crippen LogP contribution in [0, 0.1) is 0 Å². The second-order valence-corrected chi connectivity index (χ2v) is 7.06. The third kappa shape index (κ3) is 3.06. The molecule has 0 saturated heterocycles. The molecule has 1 N–H and O–H groups in total. The number of rotatable bonds is 6. The minimum atomic E-state index is -3.59. The van der Waals surface area contributed by atoms with E-state index in [0.29, 0.717) is 18.0 Å². The van der Waals surface area contributed by atoms with Crippen molar-refractivity contribution in [1.29, 1.82) is 0 Å². The molecule has 0 fully saturated rings. The lowest BCUT2D eigenvalue weighted by Gasteiger charge is -2.20. The quantitative estimate of drug-likeness (QED) is 0.883. The number of aliphatic hydroxyl groups excluding tert-OH is 1. The summed E-state index contributed by atoms with van der Waals surface area (Å²) in [5, 5.41) is 10.9. The molecule has 108 valence electrons. The lowest BCUT2D eigenvalue weighted by Crippen LogP contribution is -2.30. The number of nitrogens with zero attached hydrogens (tertiary/aromatic N) is 2. The van der Waals surface area contributed by atoms with Crippen LogP contribution >= 0.6 is 11.3 Å². The van der Waals surface area contributed by atoms with Gasteiger partial charge in [0.05, 0.1) is 11.5 Å². The molecule has 2 aromatic heterocycles. The number of sulfonamides is 1. The molecule has 5 nitrogen and oxygen atoms in total. The third-order valence-electron chi connectivity index (χ3n) is 2.93. The van der Waals surface area contributed by atoms with E-state index >= 15 is 0 Å². The smallest absolute Gasteiger partial charge is 0.244 e. The van der Waals surface area contributed by atoms with Crippen molar-refractivity contribution in [3.05, 3.63) is 46.4 Å². The van der Waals surface area contributed by atoms with Crippen molar-refractivity contribution in [1.82, 2.24) is 9.29 Å². The van der Waals surface area contributed by atoms with Gasteiger partial charge in [-0.25, -0.2) is 8.42 Å². The average Bonchev–Trinajstić information content (AvgIpc) is 2.95. The van der Waals surface area contributed by atoms with E-state index < -0.39 is 10.0 Å². The fraction of sp³-hybridized carbons (Fsp3) is 0.308. The van der Waals surface area contributed by atoms with Gasteiger partial charge in [-0.2, -0.15) is 4.31 Å². The van der Waals surface area contributed by atoms with E-state index in [9.17, 15) is 13.5 Å². The number of aromatic nitrogens is 1. The molecule has 2 rings (SSSR count). The summed E-state index contributed by atoms with van der Waals surface area (Å²) in [5.74, 6) is 0. The normalized spacial score (nSPS) is 11.9. The maximum Gasteiger partial charge on any atom is 0.244 e. The minimum Gasteiger partial charge on any atom is -0.391 e. The highest BCUT2D eigenvalue weighted by Gasteiger charge is 2.26. The summed E-state index contributed by atoms with van der Waals surface area (Å²) < 4.78 is 26.6. The highest BCUT2D eigenvalue weighted by molar-refractivity contribution is 7.89. The molecule has 2 heterocycles. The van der Waals surface area contributed by atoms with Gasteiger partial charge < -0.3 is 5.11 Å². The van der Waals surface area contributed by atoms with Gasteiger partial charge in [-0.15, -0.1) is 11.3 Å². The van der Waals surface area contributed by atoms with Crippen LogP contribution in [0.15, 0.2) is 40.9 Å². The van der Waals surface area contributed by atoms with E-state index in [0.717, 1.165) is 5.56 Å². The summed E-state index contributed by atoms with van der Waals surface area (Å²) in [4.78, 5) is 4.58. The second-order valence-electron chi connectivity index (χ2n) is 4.15. The van der Waals surface area contributed by atoms with Gasteiger partial charge in [0.2, 0.25) is 10.0 Å². The van der Waals surface area contributed by atoms with Crippen LogP contribution in [0.3, 0.4) is 0 Å². The Kier molecular flexibility index (Phi) is 4.87. The zero-order valence-electron chi connectivity index (χ0n) is 11.1. The van der Waals surface area contributed by atoms with Gasteiger partial charge in [0, 0.05) is 30.4 Å². The van der Waals surface area contributed by atoms with Crippen molar-refractivity contribution < 1.29 is 13.5 Å². The molecule has 0 atom stereocenters. The van der Waals surface area contributed by atoms with Crippen molar-refractivity contribution in [3.63, 3.8) is 0 Å². The van der Waals surface area contributed by atoms with Gasteiger partial charge in [0.15, 0.2) is 0 Å². The van der Waals surface area contributed by atoms with Crippen LogP contribution in [0.2, 0.25) is 0 Å². The first kappa shape index (κ1) is 15.1. The summed E-state index contributed by atoms with van der Waals surface area (Å²) in [5.41, 5.74) is 0.881. The fourth-order valence-corrected chi connectivity index (χ4v) is 4.57. The van der Waals surface area contributed by atoms with E-state index in [1.165, 1.54) is 15.6 Å². The van der Waals surface area contributed by atoms with Gasteiger partial charge >= 0.3 is 0 Å². The molecule has 0 aliphatic rings. The Morgan fingerprint density at radius 1 is 1.30 bits per heavy atom. The zero-order chi connectivity index (χ0) is 14.6. The fourth-order valence-electron chi connectivity index (χ4n) is 1.87. The predicted octanol–water partition coefficient (Wildman–Crippen LogP) is 1.85. The first-order valence-corrected chi connectivity index (χ1v) is 8.47. The lowest BCUT2D eigenvalue weighted by molar-refractivity contribution is 0.282. The van der Waals surface area contributed by atoms with Gasteiger partial charge in [-0.3, -0.25) is 4.98 Å². The second kappa shape index (κ2) is 6.45. The molecule has 7 heteroatoms. The average molecular weight is 312 g/mol. The van der Waals surface area contributed by atoms with Crippen molar-refractivity contribution >= 4 is 21.4 Å². The summed E-state index contributed by atoms with van der Waals surface area (Å²) in [6, 6.07) is 5.12. The number of pyridine rings is 1. The Morgan fingerprint density at radius 3 is 2.60 bits per heavy atom. The van der Waals surface area contributed by atoms with Crippen LogP contribution in [-0.4, -0.2) is 29.4 Å². The third-order valence-corrected chi connectivity index (χ3v) is 5.97. The molecule has 0 aliphatic carbocycles. The monoisotopic (exact) mass is 312 g/mol. The van der Waals surface area contributed by atoms with Gasteiger partial charge in [0.1, 0.15) is 0 Å². The molecule has 20 heavy (non-hydrogen) atoms.